The summed E-state index contributed by atoms with van der Waals surface area (Å²) in [6.07, 6.45) is 6.92. The molecule has 0 aromatic heterocycles. The molecule has 1 amide bonds. The van der Waals surface area contributed by atoms with Crippen LogP contribution in [0.15, 0.2) is 30.3 Å². The highest BCUT2D eigenvalue weighted by Crippen LogP contribution is 2.44. The van der Waals surface area contributed by atoms with Crippen LogP contribution in [0.4, 0.5) is 4.79 Å². The van der Waals surface area contributed by atoms with Gasteiger partial charge in [-0.3, -0.25) is 4.90 Å². The van der Waals surface area contributed by atoms with Gasteiger partial charge in [0.25, 0.3) is 0 Å². The minimum atomic E-state index is -0.429. The first-order chi connectivity index (χ1) is 12.6. The van der Waals surface area contributed by atoms with Gasteiger partial charge in [0, 0.05) is 19.1 Å². The smallest absolute Gasteiger partial charge is 0.410 e. The Hall–Kier alpha value is -1.55. The van der Waals surface area contributed by atoms with Gasteiger partial charge >= 0.3 is 6.09 Å². The summed E-state index contributed by atoms with van der Waals surface area (Å²) in [6, 6.07) is 10.9. The predicted octanol–water partition coefficient (Wildman–Crippen LogP) is 5.28. The molecule has 2 rings (SSSR count). The van der Waals surface area contributed by atoms with Crippen molar-refractivity contribution in [3.63, 3.8) is 0 Å². The van der Waals surface area contributed by atoms with E-state index >= 15 is 0 Å². The van der Waals surface area contributed by atoms with Gasteiger partial charge in [-0.05, 0) is 84.9 Å². The lowest BCUT2D eigenvalue weighted by atomic mass is 9.71. The average Bonchev–Trinajstić information content (AvgIpc) is 2.61. The Morgan fingerprint density at radius 2 is 1.70 bits per heavy atom. The van der Waals surface area contributed by atoms with Gasteiger partial charge in [0.05, 0.1) is 0 Å². The highest BCUT2D eigenvalue weighted by molar-refractivity contribution is 5.67. The first-order valence-corrected chi connectivity index (χ1v) is 10.3. The van der Waals surface area contributed by atoms with Crippen LogP contribution in [0.25, 0.3) is 0 Å². The van der Waals surface area contributed by atoms with Crippen molar-refractivity contribution in [1.29, 1.82) is 0 Å². The van der Waals surface area contributed by atoms with Crippen molar-refractivity contribution in [2.24, 2.45) is 5.92 Å². The van der Waals surface area contributed by atoms with Gasteiger partial charge in [-0.1, -0.05) is 30.3 Å². The SMILES string of the molecule is CN(CCCC1CCC(c2ccccc2)(N(C)C)CC1)C(=O)OC(C)(C)C. The molecule has 1 fully saturated rings. The Morgan fingerprint density at radius 1 is 1.11 bits per heavy atom. The first kappa shape index (κ1) is 21.7. The lowest BCUT2D eigenvalue weighted by molar-refractivity contribution is 0.0290. The fraction of sp³-hybridized carbons (Fsp3) is 0.696. The molecule has 0 atom stereocenters. The molecule has 0 saturated heterocycles. The third kappa shape index (κ3) is 5.97. The summed E-state index contributed by atoms with van der Waals surface area (Å²) >= 11 is 0. The molecule has 1 saturated carbocycles. The highest BCUT2D eigenvalue weighted by Gasteiger charge is 2.38. The van der Waals surface area contributed by atoms with Crippen LogP contribution in [-0.2, 0) is 10.3 Å². The third-order valence-electron chi connectivity index (χ3n) is 5.91. The van der Waals surface area contributed by atoms with Crippen LogP contribution in [-0.4, -0.2) is 49.2 Å². The Bertz CT molecular complexity index is 584. The van der Waals surface area contributed by atoms with E-state index in [0.29, 0.717) is 0 Å². The Labute approximate surface area is 165 Å². The van der Waals surface area contributed by atoms with E-state index in [1.807, 2.05) is 27.8 Å². The summed E-state index contributed by atoms with van der Waals surface area (Å²) in [5.74, 6) is 0.758. The van der Waals surface area contributed by atoms with Gasteiger partial charge in [-0.15, -0.1) is 0 Å². The molecule has 1 aromatic carbocycles. The standard InChI is InChI=1S/C23H38N2O2/c1-22(2,3)27-21(26)25(6)18-10-11-19-14-16-23(17-15-19,24(4)5)20-12-8-7-9-13-20/h7-9,12-13,19H,10-11,14-18H2,1-6H3. The zero-order valence-corrected chi connectivity index (χ0v) is 18.1. The Balaban J connectivity index is 1.81. The maximum absolute atomic E-state index is 12.1. The van der Waals surface area contributed by atoms with Crippen LogP contribution < -0.4 is 0 Å². The monoisotopic (exact) mass is 374 g/mol. The summed E-state index contributed by atoms with van der Waals surface area (Å²) in [7, 11) is 6.26. The fourth-order valence-corrected chi connectivity index (χ4v) is 4.23. The summed E-state index contributed by atoms with van der Waals surface area (Å²) in [6.45, 7) is 6.49. The van der Waals surface area contributed by atoms with Crippen molar-refractivity contribution >= 4 is 6.09 Å². The number of nitrogens with zero attached hydrogens (tertiary/aromatic N) is 2. The molecule has 1 aliphatic rings. The van der Waals surface area contributed by atoms with Crippen LogP contribution in [0.5, 0.6) is 0 Å². The quantitative estimate of drug-likeness (QED) is 0.679. The maximum Gasteiger partial charge on any atom is 0.410 e. The van der Waals surface area contributed by atoms with E-state index in [1.54, 1.807) is 4.90 Å². The first-order valence-electron chi connectivity index (χ1n) is 10.3. The van der Waals surface area contributed by atoms with Gasteiger partial charge in [-0.2, -0.15) is 0 Å². The molecule has 4 heteroatoms. The van der Waals surface area contributed by atoms with Crippen molar-refractivity contribution in [3.05, 3.63) is 35.9 Å². The van der Waals surface area contributed by atoms with E-state index in [0.717, 1.165) is 18.9 Å². The van der Waals surface area contributed by atoms with Crippen molar-refractivity contribution in [2.45, 2.75) is 70.4 Å². The van der Waals surface area contributed by atoms with Crippen molar-refractivity contribution in [2.75, 3.05) is 27.7 Å². The number of rotatable bonds is 6. The molecular weight excluding hydrogens is 336 g/mol. The number of carbonyl (C=O) groups is 1. The zero-order valence-electron chi connectivity index (χ0n) is 18.1. The van der Waals surface area contributed by atoms with Gasteiger partial charge in [0.15, 0.2) is 0 Å². The second kappa shape index (κ2) is 9.09. The van der Waals surface area contributed by atoms with Crippen LogP contribution in [0.3, 0.4) is 0 Å². The van der Waals surface area contributed by atoms with E-state index < -0.39 is 5.60 Å². The molecule has 0 spiro atoms. The molecule has 0 radical (unpaired) electrons. The van der Waals surface area contributed by atoms with Crippen LogP contribution in [0.2, 0.25) is 0 Å². The summed E-state index contributed by atoms with van der Waals surface area (Å²) in [5.41, 5.74) is 1.19. The van der Waals surface area contributed by atoms with E-state index in [-0.39, 0.29) is 11.6 Å². The molecule has 4 nitrogen and oxygen atoms in total. The van der Waals surface area contributed by atoms with Gasteiger partial charge in [0.1, 0.15) is 5.60 Å². The lowest BCUT2D eigenvalue weighted by Gasteiger charge is -2.45. The third-order valence-corrected chi connectivity index (χ3v) is 5.91. The van der Waals surface area contributed by atoms with E-state index in [2.05, 4.69) is 49.3 Å². The number of hydrogen-bond acceptors (Lipinski definition) is 3. The molecule has 152 valence electrons. The molecule has 1 aliphatic carbocycles. The van der Waals surface area contributed by atoms with Crippen LogP contribution >= 0.6 is 0 Å². The molecule has 1 aromatic rings. The number of ether oxygens (including phenoxy) is 1. The fourth-order valence-electron chi connectivity index (χ4n) is 4.23. The van der Waals surface area contributed by atoms with Crippen molar-refractivity contribution in [1.82, 2.24) is 9.80 Å². The number of amides is 1. The number of carbonyl (C=O) groups excluding carboxylic acids is 1. The average molecular weight is 375 g/mol. The molecule has 0 heterocycles. The number of hydrogen-bond donors (Lipinski definition) is 0. The minimum absolute atomic E-state index is 0.172. The predicted molar refractivity (Wildman–Crippen MR) is 112 cm³/mol. The lowest BCUT2D eigenvalue weighted by Crippen LogP contribution is -2.44. The largest absolute Gasteiger partial charge is 0.444 e. The van der Waals surface area contributed by atoms with Gasteiger partial charge < -0.3 is 9.64 Å². The molecule has 0 unspecified atom stereocenters. The molecule has 0 aliphatic heterocycles. The topological polar surface area (TPSA) is 32.8 Å². The van der Waals surface area contributed by atoms with Crippen LogP contribution in [0.1, 0.15) is 64.9 Å². The molecule has 0 bridgehead atoms. The summed E-state index contributed by atoms with van der Waals surface area (Å²) < 4.78 is 5.43. The normalized spacial score (nSPS) is 23.3. The second-order valence-electron chi connectivity index (χ2n) is 9.28. The van der Waals surface area contributed by atoms with Gasteiger partial charge in [-0.25, -0.2) is 4.79 Å². The zero-order chi connectivity index (χ0) is 20.1. The van der Waals surface area contributed by atoms with E-state index in [4.69, 9.17) is 4.74 Å². The molecule has 27 heavy (non-hydrogen) atoms. The highest BCUT2D eigenvalue weighted by atomic mass is 16.6. The maximum atomic E-state index is 12.1. The van der Waals surface area contributed by atoms with Crippen molar-refractivity contribution < 1.29 is 9.53 Å². The summed E-state index contributed by atoms with van der Waals surface area (Å²) in [5, 5.41) is 0. The summed E-state index contributed by atoms with van der Waals surface area (Å²) in [4.78, 5) is 16.2. The molecule has 0 N–H and O–H groups in total. The second-order valence-corrected chi connectivity index (χ2v) is 9.28. The molecular formula is C23H38N2O2. The van der Waals surface area contributed by atoms with Crippen molar-refractivity contribution in [3.8, 4) is 0 Å². The Morgan fingerprint density at radius 3 is 2.22 bits per heavy atom. The van der Waals surface area contributed by atoms with Crippen LogP contribution in [0, 0.1) is 5.92 Å². The Kier molecular flexibility index (Phi) is 7.32. The minimum Gasteiger partial charge on any atom is -0.444 e. The van der Waals surface area contributed by atoms with E-state index in [1.165, 1.54) is 37.7 Å². The van der Waals surface area contributed by atoms with E-state index in [9.17, 15) is 4.79 Å². The number of benzene rings is 1. The van der Waals surface area contributed by atoms with Gasteiger partial charge in [0.2, 0.25) is 0 Å².